The number of methoxy groups -OCH3 is 1. The molecule has 4 heteroatoms. The van der Waals surface area contributed by atoms with E-state index < -0.39 is 0 Å². The number of hydrogen-bond donors (Lipinski definition) is 2. The van der Waals surface area contributed by atoms with Gasteiger partial charge in [0.2, 0.25) is 5.91 Å². The molecule has 0 saturated heterocycles. The molecule has 0 heterocycles. The fraction of sp³-hybridized carbons (Fsp3) is 0.533. The maximum absolute atomic E-state index is 11.2. The van der Waals surface area contributed by atoms with Crippen LogP contribution in [0.1, 0.15) is 24.0 Å². The summed E-state index contributed by atoms with van der Waals surface area (Å²) in [7, 11) is 3.37. The smallest absolute Gasteiger partial charge is 0.221 e. The van der Waals surface area contributed by atoms with Crippen molar-refractivity contribution >= 4 is 5.91 Å². The largest absolute Gasteiger partial charge is 0.497 e. The number of nitrogens with one attached hydrogen (secondary N) is 2. The van der Waals surface area contributed by atoms with Crippen LogP contribution in [0.2, 0.25) is 0 Å². The highest BCUT2D eigenvalue weighted by Crippen LogP contribution is 2.25. The highest BCUT2D eigenvalue weighted by Gasteiger charge is 2.18. The first-order chi connectivity index (χ1) is 9.22. The van der Waals surface area contributed by atoms with Crippen LogP contribution in [0.4, 0.5) is 0 Å². The van der Waals surface area contributed by atoms with Crippen LogP contribution in [0.15, 0.2) is 18.2 Å². The number of hydrogen-bond acceptors (Lipinski definition) is 3. The van der Waals surface area contributed by atoms with Crippen molar-refractivity contribution in [2.75, 3.05) is 20.7 Å². The van der Waals surface area contributed by atoms with Gasteiger partial charge in [-0.15, -0.1) is 0 Å². The molecule has 1 amide bonds. The van der Waals surface area contributed by atoms with E-state index in [4.69, 9.17) is 4.74 Å². The van der Waals surface area contributed by atoms with E-state index >= 15 is 0 Å². The summed E-state index contributed by atoms with van der Waals surface area (Å²) in [6.07, 6.45) is 3.78. The number of ether oxygens (including phenoxy) is 1. The van der Waals surface area contributed by atoms with Crippen molar-refractivity contribution in [1.82, 2.24) is 10.6 Å². The lowest BCUT2D eigenvalue weighted by Crippen LogP contribution is -2.36. The third-order valence-corrected chi connectivity index (χ3v) is 3.71. The van der Waals surface area contributed by atoms with Gasteiger partial charge in [0.1, 0.15) is 5.75 Å². The number of rotatable bonds is 5. The van der Waals surface area contributed by atoms with Gasteiger partial charge in [-0.3, -0.25) is 4.79 Å². The molecule has 1 aliphatic rings. The molecule has 0 bridgehead atoms. The van der Waals surface area contributed by atoms with Crippen LogP contribution in [0.5, 0.6) is 5.75 Å². The Hall–Kier alpha value is -1.55. The molecule has 0 saturated carbocycles. The lowest BCUT2D eigenvalue weighted by molar-refractivity contribution is -0.120. The zero-order valence-corrected chi connectivity index (χ0v) is 11.7. The summed E-state index contributed by atoms with van der Waals surface area (Å²) >= 11 is 0. The van der Waals surface area contributed by atoms with E-state index in [1.54, 1.807) is 14.2 Å². The fourth-order valence-corrected chi connectivity index (χ4v) is 2.55. The molecule has 1 aliphatic carbocycles. The van der Waals surface area contributed by atoms with Gasteiger partial charge in [0, 0.05) is 26.1 Å². The van der Waals surface area contributed by atoms with Gasteiger partial charge < -0.3 is 15.4 Å². The SMILES string of the molecule is CNC(=O)CCNC1CCc2ccc(OC)cc2C1. The summed E-state index contributed by atoms with van der Waals surface area (Å²) in [5, 5.41) is 6.10. The molecule has 1 atom stereocenters. The van der Waals surface area contributed by atoms with Gasteiger partial charge in [0.25, 0.3) is 0 Å². The maximum Gasteiger partial charge on any atom is 0.221 e. The van der Waals surface area contributed by atoms with E-state index in [9.17, 15) is 4.79 Å². The number of carbonyl (C=O) groups excluding carboxylic acids is 1. The fourth-order valence-electron chi connectivity index (χ4n) is 2.55. The Morgan fingerprint density at radius 1 is 1.42 bits per heavy atom. The molecule has 104 valence electrons. The Labute approximate surface area is 114 Å². The summed E-state index contributed by atoms with van der Waals surface area (Å²) in [4.78, 5) is 11.2. The molecule has 1 aromatic rings. The molecule has 1 unspecified atom stereocenters. The van der Waals surface area contributed by atoms with Crippen molar-refractivity contribution in [2.24, 2.45) is 0 Å². The van der Waals surface area contributed by atoms with Crippen molar-refractivity contribution in [3.05, 3.63) is 29.3 Å². The Kier molecular flexibility index (Phi) is 4.80. The minimum Gasteiger partial charge on any atom is -0.497 e. The van der Waals surface area contributed by atoms with Crippen LogP contribution < -0.4 is 15.4 Å². The highest BCUT2D eigenvalue weighted by atomic mass is 16.5. The quantitative estimate of drug-likeness (QED) is 0.840. The topological polar surface area (TPSA) is 50.4 Å². The Balaban J connectivity index is 1.88. The van der Waals surface area contributed by atoms with Crippen molar-refractivity contribution < 1.29 is 9.53 Å². The summed E-state index contributed by atoms with van der Waals surface area (Å²) in [6, 6.07) is 6.78. The van der Waals surface area contributed by atoms with Gasteiger partial charge in [-0.25, -0.2) is 0 Å². The Morgan fingerprint density at radius 3 is 3.00 bits per heavy atom. The van der Waals surface area contributed by atoms with Gasteiger partial charge in [-0.2, -0.15) is 0 Å². The normalized spacial score (nSPS) is 17.7. The molecule has 0 fully saturated rings. The molecule has 0 radical (unpaired) electrons. The molecule has 0 aromatic heterocycles. The molecular weight excluding hydrogens is 240 g/mol. The first-order valence-corrected chi connectivity index (χ1v) is 6.82. The molecule has 0 spiro atoms. The van der Waals surface area contributed by atoms with Crippen molar-refractivity contribution in [1.29, 1.82) is 0 Å². The lowest BCUT2D eigenvalue weighted by Gasteiger charge is -2.26. The van der Waals surface area contributed by atoms with Gasteiger partial charge in [-0.05, 0) is 42.5 Å². The van der Waals surface area contributed by atoms with Gasteiger partial charge in [0.15, 0.2) is 0 Å². The van der Waals surface area contributed by atoms with E-state index in [2.05, 4.69) is 22.8 Å². The first-order valence-electron chi connectivity index (χ1n) is 6.82. The average Bonchev–Trinajstić information content (AvgIpc) is 2.46. The van der Waals surface area contributed by atoms with Gasteiger partial charge in [0.05, 0.1) is 7.11 Å². The van der Waals surface area contributed by atoms with Crippen LogP contribution in [0.25, 0.3) is 0 Å². The molecule has 2 rings (SSSR count). The lowest BCUT2D eigenvalue weighted by atomic mass is 9.88. The zero-order valence-electron chi connectivity index (χ0n) is 11.7. The minimum absolute atomic E-state index is 0.0883. The molecule has 1 aromatic carbocycles. The number of aryl methyl sites for hydroxylation is 1. The van der Waals surface area contributed by atoms with Gasteiger partial charge in [-0.1, -0.05) is 6.07 Å². The summed E-state index contributed by atoms with van der Waals surface area (Å²) in [5.74, 6) is 1.01. The first kappa shape index (κ1) is 13.9. The van der Waals surface area contributed by atoms with E-state index in [1.165, 1.54) is 11.1 Å². The Morgan fingerprint density at radius 2 is 2.26 bits per heavy atom. The van der Waals surface area contributed by atoms with E-state index in [0.29, 0.717) is 12.5 Å². The number of fused-ring (bicyclic) bond motifs is 1. The summed E-state index contributed by atoms with van der Waals surface area (Å²) in [5.41, 5.74) is 2.79. The van der Waals surface area contributed by atoms with Crippen molar-refractivity contribution in [2.45, 2.75) is 31.7 Å². The standard InChI is InChI=1S/C15H22N2O2/c1-16-15(18)7-8-17-13-5-3-11-4-6-14(19-2)10-12(11)9-13/h4,6,10,13,17H,3,5,7-9H2,1-2H3,(H,16,18). The average molecular weight is 262 g/mol. The van der Waals surface area contributed by atoms with E-state index in [-0.39, 0.29) is 5.91 Å². The van der Waals surface area contributed by atoms with E-state index in [0.717, 1.165) is 31.6 Å². The number of amides is 1. The van der Waals surface area contributed by atoms with Crippen LogP contribution >= 0.6 is 0 Å². The second kappa shape index (κ2) is 6.57. The van der Waals surface area contributed by atoms with E-state index in [1.807, 2.05) is 6.07 Å². The molecule has 2 N–H and O–H groups in total. The van der Waals surface area contributed by atoms with Crippen molar-refractivity contribution in [3.63, 3.8) is 0 Å². The minimum atomic E-state index is 0.0883. The molecule has 19 heavy (non-hydrogen) atoms. The maximum atomic E-state index is 11.2. The third kappa shape index (κ3) is 3.70. The van der Waals surface area contributed by atoms with Crippen LogP contribution in [0.3, 0.4) is 0 Å². The van der Waals surface area contributed by atoms with Crippen LogP contribution in [-0.4, -0.2) is 32.7 Å². The predicted octanol–water partition coefficient (Wildman–Crippen LogP) is 1.28. The molecule has 4 nitrogen and oxygen atoms in total. The Bertz CT molecular complexity index is 446. The zero-order chi connectivity index (χ0) is 13.7. The van der Waals surface area contributed by atoms with Crippen molar-refractivity contribution in [3.8, 4) is 5.75 Å². The molecule has 0 aliphatic heterocycles. The van der Waals surface area contributed by atoms with Gasteiger partial charge >= 0.3 is 0 Å². The predicted molar refractivity (Wildman–Crippen MR) is 75.5 cm³/mol. The monoisotopic (exact) mass is 262 g/mol. The van der Waals surface area contributed by atoms with Crippen LogP contribution in [0, 0.1) is 0 Å². The van der Waals surface area contributed by atoms with Crippen LogP contribution in [-0.2, 0) is 17.6 Å². The summed E-state index contributed by atoms with van der Waals surface area (Å²) < 4.78 is 5.27. The second-order valence-electron chi connectivity index (χ2n) is 4.95. The highest BCUT2D eigenvalue weighted by molar-refractivity contribution is 5.75. The second-order valence-corrected chi connectivity index (χ2v) is 4.95. The molecular formula is C15H22N2O2. The number of benzene rings is 1. The summed E-state index contributed by atoms with van der Waals surface area (Å²) in [6.45, 7) is 0.740. The third-order valence-electron chi connectivity index (χ3n) is 3.71. The number of carbonyl (C=O) groups is 1.